The topological polar surface area (TPSA) is 50.1 Å². The van der Waals surface area contributed by atoms with E-state index < -0.39 is 0 Å². The van der Waals surface area contributed by atoms with Gasteiger partial charge in [0.05, 0.1) is 11.6 Å². The quantitative estimate of drug-likeness (QED) is 0.237. The van der Waals surface area contributed by atoms with Crippen LogP contribution in [-0.2, 0) is 0 Å². The van der Waals surface area contributed by atoms with Gasteiger partial charge in [0.15, 0.2) is 0 Å². The Morgan fingerprint density at radius 1 is 0.425 bits per heavy atom. The number of fused-ring (bicyclic) bond motifs is 6. The van der Waals surface area contributed by atoms with Crippen LogP contribution in [0.1, 0.15) is 5.56 Å². The van der Waals surface area contributed by atoms with Gasteiger partial charge in [-0.1, -0.05) is 91.0 Å². The first kappa shape index (κ1) is 22.4. The summed E-state index contributed by atoms with van der Waals surface area (Å²) in [7, 11) is 0. The smallest absolute Gasteiger partial charge is 0.143 e. The van der Waals surface area contributed by atoms with Crippen LogP contribution in [0.5, 0.6) is 0 Å². The van der Waals surface area contributed by atoms with E-state index in [2.05, 4.69) is 66.7 Å². The highest BCUT2D eigenvalue weighted by Crippen LogP contribution is 2.42. The number of rotatable bonds is 3. The molecule has 0 amide bonds. The van der Waals surface area contributed by atoms with Crippen LogP contribution in [0, 0.1) is 11.3 Å². The van der Waals surface area contributed by atoms with Gasteiger partial charge in [0, 0.05) is 32.7 Å². The molecule has 3 heteroatoms. The number of furan rings is 2. The van der Waals surface area contributed by atoms with E-state index in [1.54, 1.807) is 0 Å². The van der Waals surface area contributed by atoms with Crippen LogP contribution < -0.4 is 0 Å². The van der Waals surface area contributed by atoms with Gasteiger partial charge in [-0.05, 0) is 58.7 Å². The van der Waals surface area contributed by atoms with Crippen molar-refractivity contribution in [2.24, 2.45) is 0 Å². The largest absolute Gasteiger partial charge is 0.456 e. The predicted octanol–water partition coefficient (Wildman–Crippen LogP) is 10.4. The molecule has 2 heterocycles. The van der Waals surface area contributed by atoms with Crippen molar-refractivity contribution in [2.75, 3.05) is 0 Å². The highest BCUT2D eigenvalue weighted by atomic mass is 16.3. The fourth-order valence-corrected chi connectivity index (χ4v) is 5.87. The van der Waals surface area contributed by atoms with E-state index in [0.717, 1.165) is 77.3 Å². The lowest BCUT2D eigenvalue weighted by molar-refractivity contribution is 0.669. The molecule has 186 valence electrons. The summed E-state index contributed by atoms with van der Waals surface area (Å²) in [5, 5.41) is 14.4. The second-order valence-electron chi connectivity index (χ2n) is 10.0. The summed E-state index contributed by atoms with van der Waals surface area (Å²) < 4.78 is 12.4. The minimum atomic E-state index is 0.637. The summed E-state index contributed by atoms with van der Waals surface area (Å²) in [6.07, 6.45) is 0. The fraction of sp³-hybridized carbons (Fsp3) is 0. The normalized spacial score (nSPS) is 11.5. The molecule has 0 bridgehead atoms. The molecule has 0 radical (unpaired) electrons. The van der Waals surface area contributed by atoms with E-state index in [9.17, 15) is 5.26 Å². The monoisotopic (exact) mass is 511 g/mol. The van der Waals surface area contributed by atoms with E-state index in [1.165, 1.54) is 0 Å². The lowest BCUT2D eigenvalue weighted by Gasteiger charge is -2.14. The lowest BCUT2D eigenvalue weighted by atomic mass is 9.88. The molecule has 0 aliphatic carbocycles. The van der Waals surface area contributed by atoms with Crippen LogP contribution in [0.2, 0.25) is 0 Å². The Kier molecular flexibility index (Phi) is 4.89. The average Bonchev–Trinajstić information content (AvgIpc) is 3.59. The van der Waals surface area contributed by atoms with E-state index in [4.69, 9.17) is 8.83 Å². The molecule has 0 unspecified atom stereocenters. The molecule has 0 aliphatic rings. The maximum atomic E-state index is 10.0. The Morgan fingerprint density at radius 3 is 1.90 bits per heavy atom. The third kappa shape index (κ3) is 3.37. The molecule has 0 N–H and O–H groups in total. The van der Waals surface area contributed by atoms with Crippen molar-refractivity contribution in [1.82, 2.24) is 0 Å². The van der Waals surface area contributed by atoms with Crippen LogP contribution >= 0.6 is 0 Å². The number of hydrogen-bond acceptors (Lipinski definition) is 3. The Labute approximate surface area is 230 Å². The van der Waals surface area contributed by atoms with Gasteiger partial charge in [0.1, 0.15) is 22.3 Å². The van der Waals surface area contributed by atoms with Gasteiger partial charge < -0.3 is 8.83 Å². The number of nitrogens with zero attached hydrogens (tertiary/aromatic N) is 1. The van der Waals surface area contributed by atoms with Gasteiger partial charge in [-0.3, -0.25) is 0 Å². The molecule has 0 aliphatic heterocycles. The van der Waals surface area contributed by atoms with Crippen molar-refractivity contribution in [2.45, 2.75) is 0 Å². The van der Waals surface area contributed by atoms with Crippen molar-refractivity contribution in [1.29, 1.82) is 5.26 Å². The first-order chi connectivity index (χ1) is 19.8. The van der Waals surface area contributed by atoms with Crippen LogP contribution in [0.3, 0.4) is 0 Å². The molecule has 0 atom stereocenters. The van der Waals surface area contributed by atoms with Crippen molar-refractivity contribution in [3.63, 3.8) is 0 Å². The van der Waals surface area contributed by atoms with E-state index in [-0.39, 0.29) is 0 Å². The second kappa shape index (κ2) is 8.73. The molecule has 40 heavy (non-hydrogen) atoms. The fourth-order valence-electron chi connectivity index (χ4n) is 5.87. The number of hydrogen-bond donors (Lipinski definition) is 0. The van der Waals surface area contributed by atoms with Crippen molar-refractivity contribution >= 4 is 43.9 Å². The Morgan fingerprint density at radius 2 is 1.05 bits per heavy atom. The van der Waals surface area contributed by atoms with Gasteiger partial charge in [0.2, 0.25) is 0 Å². The second-order valence-corrected chi connectivity index (χ2v) is 10.0. The molecule has 2 aromatic heterocycles. The SMILES string of the molecule is N#Cc1ccccc1-c1cc(-c2cccc3c2oc2ccccc23)ccc1-c1ccc2oc3ccccc3c2c1. The molecule has 0 saturated heterocycles. The maximum Gasteiger partial charge on any atom is 0.143 e. The number of para-hydroxylation sites is 3. The van der Waals surface area contributed by atoms with E-state index in [0.29, 0.717) is 5.56 Å². The van der Waals surface area contributed by atoms with Crippen LogP contribution in [0.15, 0.2) is 136 Å². The molecule has 0 fully saturated rings. The first-order valence-electron chi connectivity index (χ1n) is 13.2. The molecular weight excluding hydrogens is 490 g/mol. The zero-order chi connectivity index (χ0) is 26.6. The Hall–Kier alpha value is -5.59. The summed E-state index contributed by atoms with van der Waals surface area (Å²) in [4.78, 5) is 0. The molecule has 0 saturated carbocycles. The minimum Gasteiger partial charge on any atom is -0.456 e. The summed E-state index contributed by atoms with van der Waals surface area (Å²) in [6, 6.07) is 45.5. The molecule has 8 aromatic rings. The van der Waals surface area contributed by atoms with Gasteiger partial charge in [0.25, 0.3) is 0 Å². The summed E-state index contributed by atoms with van der Waals surface area (Å²) >= 11 is 0. The number of nitriles is 1. The van der Waals surface area contributed by atoms with Crippen LogP contribution in [-0.4, -0.2) is 0 Å². The molecule has 3 nitrogen and oxygen atoms in total. The average molecular weight is 512 g/mol. The molecular formula is C37H21NO2. The van der Waals surface area contributed by atoms with Crippen molar-refractivity contribution in [3.05, 3.63) is 133 Å². The minimum absolute atomic E-state index is 0.637. The maximum absolute atomic E-state index is 10.0. The highest BCUT2D eigenvalue weighted by molar-refractivity contribution is 6.10. The Bertz CT molecular complexity index is 2290. The summed E-state index contributed by atoms with van der Waals surface area (Å²) in [5.74, 6) is 0. The summed E-state index contributed by atoms with van der Waals surface area (Å²) in [6.45, 7) is 0. The van der Waals surface area contributed by atoms with Gasteiger partial charge in [-0.15, -0.1) is 0 Å². The number of benzene rings is 6. The highest BCUT2D eigenvalue weighted by Gasteiger charge is 2.17. The first-order valence-corrected chi connectivity index (χ1v) is 13.2. The molecule has 8 rings (SSSR count). The predicted molar refractivity (Wildman–Crippen MR) is 162 cm³/mol. The van der Waals surface area contributed by atoms with Gasteiger partial charge in [-0.25, -0.2) is 0 Å². The molecule has 0 spiro atoms. The van der Waals surface area contributed by atoms with Crippen molar-refractivity contribution in [3.8, 4) is 39.4 Å². The lowest BCUT2D eigenvalue weighted by Crippen LogP contribution is -1.91. The molecule has 6 aromatic carbocycles. The van der Waals surface area contributed by atoms with Crippen LogP contribution in [0.4, 0.5) is 0 Å². The standard InChI is InChI=1S/C37H21NO2/c38-22-25-8-1-2-9-26(25)32-20-24(28-12-7-13-31-29-10-3-6-15-35(29)40-37(28)31)16-18-27(32)23-17-19-36-33(21-23)30-11-4-5-14-34(30)39-36/h1-21H. The Balaban J connectivity index is 1.39. The van der Waals surface area contributed by atoms with Gasteiger partial charge >= 0.3 is 0 Å². The zero-order valence-electron chi connectivity index (χ0n) is 21.4. The van der Waals surface area contributed by atoms with E-state index in [1.807, 2.05) is 66.7 Å². The summed E-state index contributed by atoms with van der Waals surface area (Å²) in [5.41, 5.74) is 10.2. The third-order valence-corrected chi connectivity index (χ3v) is 7.76. The van der Waals surface area contributed by atoms with Gasteiger partial charge in [-0.2, -0.15) is 5.26 Å². The zero-order valence-corrected chi connectivity index (χ0v) is 21.4. The van der Waals surface area contributed by atoms with Crippen LogP contribution in [0.25, 0.3) is 77.3 Å². The van der Waals surface area contributed by atoms with Crippen molar-refractivity contribution < 1.29 is 8.83 Å². The third-order valence-electron chi connectivity index (χ3n) is 7.76. The van der Waals surface area contributed by atoms with E-state index >= 15 is 0 Å².